The first kappa shape index (κ1) is 50.4. The van der Waals surface area contributed by atoms with E-state index in [0.29, 0.717) is 76.1 Å². The molecule has 8 nitrogen and oxygen atoms in total. The van der Waals surface area contributed by atoms with E-state index >= 15 is 0 Å². The number of hydrogen-bond acceptors (Lipinski definition) is 6. The first-order valence-electron chi connectivity index (χ1n) is 22.6. The second kappa shape index (κ2) is 29.2. The van der Waals surface area contributed by atoms with Gasteiger partial charge in [0.2, 0.25) is 0 Å². The third kappa shape index (κ3) is 19.4. The summed E-state index contributed by atoms with van der Waals surface area (Å²) >= 11 is 0. The molecule has 0 aromatic heterocycles. The average Bonchev–Trinajstić information content (AvgIpc) is 3.29. The molecule has 0 saturated carbocycles. The minimum atomic E-state index is -0.775. The number of rotatable bonds is 23. The molecule has 338 valence electrons. The van der Waals surface area contributed by atoms with Gasteiger partial charge in [0, 0.05) is 51.7 Å². The third-order valence-electron chi connectivity index (χ3n) is 10.9. The van der Waals surface area contributed by atoms with Crippen molar-refractivity contribution in [2.45, 2.75) is 103 Å². The number of carbonyl (C=O) groups is 2. The lowest BCUT2D eigenvalue weighted by Crippen LogP contribution is -2.00. The number of aliphatic carboxylic acids is 2. The molecule has 0 heterocycles. The van der Waals surface area contributed by atoms with Gasteiger partial charge in [-0.15, -0.1) is 0 Å². The molecule has 6 aromatic carbocycles. The molecule has 0 atom stereocenters. The highest BCUT2D eigenvalue weighted by molar-refractivity contribution is 5.67. The number of hydrogen-bond donors (Lipinski definition) is 6. The van der Waals surface area contributed by atoms with E-state index in [9.17, 15) is 19.8 Å². The summed E-state index contributed by atoms with van der Waals surface area (Å²) in [5.41, 5.74) is 10.3. The molecule has 0 aliphatic rings. The van der Waals surface area contributed by atoms with Crippen molar-refractivity contribution in [2.75, 3.05) is 13.2 Å². The van der Waals surface area contributed by atoms with Crippen LogP contribution in [0.3, 0.4) is 0 Å². The molecule has 6 rings (SSSR count). The number of phenols is 2. The maximum atomic E-state index is 10.9. The SMILES string of the molecule is O=C(O)CCCc1cc(Cc2ccccc2)c(O)c(Cc2ccccc2)c1.O=C(O)CCCc1cc(Cc2ccccc2)c(O)c(Cc2ccccc2)c1.OCCCCCCCCO. The molecule has 0 fully saturated rings. The topological polar surface area (TPSA) is 156 Å². The van der Waals surface area contributed by atoms with E-state index in [1.807, 2.05) is 146 Å². The predicted octanol–water partition coefficient (Wildman–Crippen LogP) is 11.3. The molecule has 6 N–H and O–H groups in total. The minimum Gasteiger partial charge on any atom is -0.507 e. The Morgan fingerprint density at radius 1 is 0.344 bits per heavy atom. The van der Waals surface area contributed by atoms with Crippen LogP contribution in [-0.2, 0) is 48.1 Å². The van der Waals surface area contributed by atoms with Crippen LogP contribution in [0.5, 0.6) is 11.5 Å². The molecule has 0 aliphatic carbocycles. The van der Waals surface area contributed by atoms with Crippen LogP contribution in [0.1, 0.15) is 120 Å². The Hall–Kier alpha value is -6.22. The lowest BCUT2D eigenvalue weighted by atomic mass is 9.93. The van der Waals surface area contributed by atoms with Gasteiger partial charge in [-0.1, -0.05) is 171 Å². The molecule has 8 heteroatoms. The van der Waals surface area contributed by atoms with Gasteiger partial charge in [-0.2, -0.15) is 0 Å². The van der Waals surface area contributed by atoms with Crippen molar-refractivity contribution >= 4 is 11.9 Å². The van der Waals surface area contributed by atoms with E-state index in [4.69, 9.17) is 20.4 Å². The molecule has 0 radical (unpaired) electrons. The van der Waals surface area contributed by atoms with Crippen LogP contribution in [0.2, 0.25) is 0 Å². The quantitative estimate of drug-likeness (QED) is 0.0348. The summed E-state index contributed by atoms with van der Waals surface area (Å²) in [6, 6.07) is 48.3. The van der Waals surface area contributed by atoms with Crippen molar-refractivity contribution in [3.05, 3.63) is 201 Å². The highest BCUT2D eigenvalue weighted by atomic mass is 16.4. The summed E-state index contributed by atoms with van der Waals surface area (Å²) in [5, 5.41) is 56.4. The lowest BCUT2D eigenvalue weighted by molar-refractivity contribution is -0.138. The van der Waals surface area contributed by atoms with Crippen LogP contribution in [0.4, 0.5) is 0 Å². The Morgan fingerprint density at radius 2 is 0.594 bits per heavy atom. The zero-order valence-electron chi connectivity index (χ0n) is 37.1. The summed E-state index contributed by atoms with van der Waals surface area (Å²) in [4.78, 5) is 21.6. The third-order valence-corrected chi connectivity index (χ3v) is 10.9. The molecule has 0 unspecified atom stereocenters. The second-order valence-corrected chi connectivity index (χ2v) is 16.2. The van der Waals surface area contributed by atoms with E-state index in [1.165, 1.54) is 12.8 Å². The van der Waals surface area contributed by atoms with Crippen LogP contribution < -0.4 is 0 Å². The van der Waals surface area contributed by atoms with Crippen molar-refractivity contribution in [2.24, 2.45) is 0 Å². The summed E-state index contributed by atoms with van der Waals surface area (Å²) in [6.07, 6.45) is 12.0. The first-order chi connectivity index (χ1) is 31.1. The Bertz CT molecular complexity index is 1940. The van der Waals surface area contributed by atoms with E-state index in [2.05, 4.69) is 0 Å². The largest absolute Gasteiger partial charge is 0.507 e. The molecule has 0 bridgehead atoms. The number of aryl methyl sites for hydroxylation is 2. The summed E-state index contributed by atoms with van der Waals surface area (Å²) < 4.78 is 0. The monoisotopic (exact) mass is 866 g/mol. The number of unbranched alkanes of at least 4 members (excludes halogenated alkanes) is 5. The number of phenolic OH excluding ortho intramolecular Hbond substituents is 2. The summed E-state index contributed by atoms with van der Waals surface area (Å²) in [6.45, 7) is 0.639. The van der Waals surface area contributed by atoms with Gasteiger partial charge < -0.3 is 30.6 Å². The average molecular weight is 867 g/mol. The van der Waals surface area contributed by atoms with Crippen molar-refractivity contribution < 1.29 is 40.2 Å². The highest BCUT2D eigenvalue weighted by Crippen LogP contribution is 2.31. The van der Waals surface area contributed by atoms with E-state index in [0.717, 1.165) is 81.3 Å². The van der Waals surface area contributed by atoms with Crippen LogP contribution >= 0.6 is 0 Å². The second-order valence-electron chi connectivity index (χ2n) is 16.2. The van der Waals surface area contributed by atoms with Gasteiger partial charge in [-0.25, -0.2) is 0 Å². The van der Waals surface area contributed by atoms with Gasteiger partial charge in [-0.3, -0.25) is 9.59 Å². The van der Waals surface area contributed by atoms with Crippen molar-refractivity contribution in [1.82, 2.24) is 0 Å². The summed E-state index contributed by atoms with van der Waals surface area (Å²) in [7, 11) is 0. The number of aliphatic hydroxyl groups excluding tert-OH is 2. The van der Waals surface area contributed by atoms with Crippen molar-refractivity contribution in [3.8, 4) is 11.5 Å². The fraction of sp³-hybridized carbons (Fsp3) is 0.321. The number of aliphatic hydroxyl groups is 2. The molecular weight excluding hydrogens is 801 g/mol. The Balaban J connectivity index is 0.000000232. The molecule has 64 heavy (non-hydrogen) atoms. The van der Waals surface area contributed by atoms with Crippen LogP contribution in [-0.4, -0.2) is 55.8 Å². The number of aromatic hydroxyl groups is 2. The molecule has 6 aromatic rings. The van der Waals surface area contributed by atoms with Gasteiger partial charge >= 0.3 is 11.9 Å². The first-order valence-corrected chi connectivity index (χ1v) is 22.6. The normalized spacial score (nSPS) is 10.6. The number of carboxylic acids is 2. The molecule has 0 spiro atoms. The van der Waals surface area contributed by atoms with Crippen LogP contribution in [0.25, 0.3) is 0 Å². The van der Waals surface area contributed by atoms with Crippen molar-refractivity contribution in [1.29, 1.82) is 0 Å². The smallest absolute Gasteiger partial charge is 0.303 e. The Kier molecular flexibility index (Phi) is 23.0. The standard InChI is InChI=1S/2C24H24O3.C8H18O2/c2*25-23(26)13-7-12-20-16-21(14-18-8-3-1-4-9-18)24(27)22(17-20)15-19-10-5-2-6-11-19;9-7-5-3-1-2-4-6-8-10/h2*1-6,8-11,16-17,27H,7,12-15H2,(H,25,26);9-10H,1-8H2. The molecule has 0 amide bonds. The maximum Gasteiger partial charge on any atom is 0.303 e. The van der Waals surface area contributed by atoms with Gasteiger partial charge in [0.25, 0.3) is 0 Å². The number of benzene rings is 6. The lowest BCUT2D eigenvalue weighted by Gasteiger charge is -2.14. The number of carboxylic acid groups (broad SMARTS) is 2. The molecular formula is C56H66O8. The van der Waals surface area contributed by atoms with E-state index in [-0.39, 0.29) is 12.8 Å². The fourth-order valence-corrected chi connectivity index (χ4v) is 7.57. The Morgan fingerprint density at radius 3 is 0.828 bits per heavy atom. The zero-order chi connectivity index (χ0) is 45.8. The van der Waals surface area contributed by atoms with Gasteiger partial charge in [0.15, 0.2) is 0 Å². The highest BCUT2D eigenvalue weighted by Gasteiger charge is 2.14. The van der Waals surface area contributed by atoms with Crippen molar-refractivity contribution in [3.63, 3.8) is 0 Å². The fourth-order valence-electron chi connectivity index (χ4n) is 7.57. The van der Waals surface area contributed by atoms with Gasteiger partial charge in [0.1, 0.15) is 11.5 Å². The molecule has 0 saturated heterocycles. The van der Waals surface area contributed by atoms with Crippen LogP contribution in [0, 0.1) is 0 Å². The van der Waals surface area contributed by atoms with Gasteiger partial charge in [0.05, 0.1) is 0 Å². The van der Waals surface area contributed by atoms with E-state index in [1.54, 1.807) is 0 Å². The van der Waals surface area contributed by atoms with Gasteiger partial charge in [-0.05, 0) is 94.2 Å². The van der Waals surface area contributed by atoms with Crippen LogP contribution in [0.15, 0.2) is 146 Å². The predicted molar refractivity (Wildman–Crippen MR) is 256 cm³/mol. The maximum absolute atomic E-state index is 10.9. The van der Waals surface area contributed by atoms with E-state index < -0.39 is 11.9 Å². The molecule has 0 aliphatic heterocycles. The minimum absolute atomic E-state index is 0.156. The summed E-state index contributed by atoms with van der Waals surface area (Å²) in [5.74, 6) is -0.875. The zero-order valence-corrected chi connectivity index (χ0v) is 37.1. The Labute approximate surface area is 379 Å².